The lowest BCUT2D eigenvalue weighted by molar-refractivity contribution is -0.335. The Hall–Kier alpha value is -2.16. The molecule has 1 aliphatic rings. The van der Waals surface area contributed by atoms with Crippen molar-refractivity contribution in [3.05, 3.63) is 46.3 Å². The molecular formula is C16H21N3O6. The smallest absolute Gasteiger partial charge is 0.302 e. The Morgan fingerprint density at radius 1 is 1.44 bits per heavy atom. The lowest BCUT2D eigenvalue weighted by atomic mass is 9.89. The van der Waals surface area contributed by atoms with Gasteiger partial charge < -0.3 is 24.4 Å². The Labute approximate surface area is 144 Å². The number of carbonyl (C=O) groups excluding carboxylic acids is 1. The number of hydrogen-bond acceptors (Lipinski definition) is 7. The van der Waals surface area contributed by atoms with Gasteiger partial charge in [0.1, 0.15) is 18.8 Å². The number of ether oxygens (including phenoxy) is 3. The molecule has 1 aromatic carbocycles. The second-order valence-electron chi connectivity index (χ2n) is 5.85. The zero-order valence-corrected chi connectivity index (χ0v) is 14.0. The summed E-state index contributed by atoms with van der Waals surface area (Å²) in [4.78, 5) is 13.6. The fraction of sp³-hybridized carbons (Fsp3) is 0.562. The maximum atomic E-state index is 11.0. The molecule has 0 bridgehead atoms. The number of benzene rings is 1. The molecule has 0 unspecified atom stereocenters. The summed E-state index contributed by atoms with van der Waals surface area (Å²) in [5.74, 6) is -3.64. The van der Waals surface area contributed by atoms with Crippen molar-refractivity contribution in [2.45, 2.75) is 44.7 Å². The van der Waals surface area contributed by atoms with E-state index in [1.54, 1.807) is 0 Å². The first-order valence-corrected chi connectivity index (χ1v) is 7.81. The Morgan fingerprint density at radius 3 is 2.72 bits per heavy atom. The quantitative estimate of drug-likeness (QED) is 0.345. The molecule has 136 valence electrons. The number of aliphatic hydroxyl groups excluding tert-OH is 1. The van der Waals surface area contributed by atoms with E-state index >= 15 is 0 Å². The van der Waals surface area contributed by atoms with Crippen LogP contribution in [0.4, 0.5) is 0 Å². The molecule has 0 spiro atoms. The van der Waals surface area contributed by atoms with Gasteiger partial charge >= 0.3 is 5.97 Å². The Kier molecular flexibility index (Phi) is 6.35. The zero-order chi connectivity index (χ0) is 18.4. The highest BCUT2D eigenvalue weighted by atomic mass is 16.7. The van der Waals surface area contributed by atoms with Crippen LogP contribution < -0.4 is 0 Å². The van der Waals surface area contributed by atoms with Crippen molar-refractivity contribution in [3.8, 4) is 0 Å². The molecule has 0 saturated carbocycles. The van der Waals surface area contributed by atoms with Crippen LogP contribution in [0.5, 0.6) is 0 Å². The second-order valence-corrected chi connectivity index (χ2v) is 5.85. The molecule has 1 heterocycles. The van der Waals surface area contributed by atoms with Crippen molar-refractivity contribution in [1.82, 2.24) is 0 Å². The molecule has 25 heavy (non-hydrogen) atoms. The molecule has 9 nitrogen and oxygen atoms in total. The van der Waals surface area contributed by atoms with E-state index in [0.717, 1.165) is 5.56 Å². The average molecular weight is 351 g/mol. The molecule has 5 atom stereocenters. The minimum Gasteiger partial charge on any atom is -0.463 e. The van der Waals surface area contributed by atoms with Crippen molar-refractivity contribution < 1.29 is 29.2 Å². The predicted octanol–water partition coefficient (Wildman–Crippen LogP) is 1.49. The standard InChI is InChI=1S/C16H21N3O6/c1-10-15(24-8-12-6-4-3-5-7-12)14(21)13(9-23-11(2)20)25-16(10,22)18-19-17/h3-7,10,13-15,21-22H,8-9H2,1-2H3/t10-,13-,14-,15-,16-/m1/s1. The number of azide groups is 1. The summed E-state index contributed by atoms with van der Waals surface area (Å²) >= 11 is 0. The number of hydrogen-bond donors (Lipinski definition) is 2. The second kappa shape index (κ2) is 8.28. The van der Waals surface area contributed by atoms with Crippen molar-refractivity contribution in [2.75, 3.05) is 6.61 Å². The summed E-state index contributed by atoms with van der Waals surface area (Å²) in [5, 5.41) is 24.3. The fourth-order valence-corrected chi connectivity index (χ4v) is 2.64. The SMILES string of the molecule is CC(=O)OC[C@H]1O[C@@](O)(N=[N+]=[N-])[C@H](C)[C@@H](OCc2ccccc2)[C@@H]1O. The monoisotopic (exact) mass is 351 g/mol. The summed E-state index contributed by atoms with van der Waals surface area (Å²) in [7, 11) is 0. The topological polar surface area (TPSA) is 134 Å². The highest BCUT2D eigenvalue weighted by molar-refractivity contribution is 5.65. The van der Waals surface area contributed by atoms with Crippen LogP contribution in [-0.2, 0) is 25.6 Å². The molecule has 1 saturated heterocycles. The van der Waals surface area contributed by atoms with Crippen molar-refractivity contribution in [1.29, 1.82) is 0 Å². The number of nitrogens with zero attached hydrogens (tertiary/aromatic N) is 3. The molecular weight excluding hydrogens is 330 g/mol. The van der Waals surface area contributed by atoms with Gasteiger partial charge in [0.15, 0.2) is 0 Å². The lowest BCUT2D eigenvalue weighted by Crippen LogP contribution is -2.61. The predicted molar refractivity (Wildman–Crippen MR) is 85.8 cm³/mol. The van der Waals surface area contributed by atoms with Crippen molar-refractivity contribution >= 4 is 5.97 Å². The van der Waals surface area contributed by atoms with Gasteiger partial charge in [-0.2, -0.15) is 0 Å². The molecule has 0 amide bonds. The van der Waals surface area contributed by atoms with Gasteiger partial charge in [-0.05, 0) is 16.2 Å². The first-order valence-electron chi connectivity index (χ1n) is 7.81. The van der Waals surface area contributed by atoms with E-state index in [1.165, 1.54) is 13.8 Å². The molecule has 1 fully saturated rings. The third-order valence-electron chi connectivity index (χ3n) is 4.05. The summed E-state index contributed by atoms with van der Waals surface area (Å²) < 4.78 is 15.9. The van der Waals surface area contributed by atoms with Crippen LogP contribution in [0.2, 0.25) is 0 Å². The maximum absolute atomic E-state index is 11.0. The first kappa shape index (κ1) is 19.2. The van der Waals surface area contributed by atoms with Crippen LogP contribution in [0.25, 0.3) is 10.4 Å². The van der Waals surface area contributed by atoms with Crippen LogP contribution in [0, 0.1) is 5.92 Å². The fourth-order valence-electron chi connectivity index (χ4n) is 2.64. The van der Waals surface area contributed by atoms with Crippen LogP contribution in [0.3, 0.4) is 0 Å². The minimum atomic E-state index is -2.22. The Bertz CT molecular complexity index is 636. The van der Waals surface area contributed by atoms with Gasteiger partial charge in [0.2, 0.25) is 0 Å². The van der Waals surface area contributed by atoms with E-state index in [0.29, 0.717) is 0 Å². The Balaban J connectivity index is 2.17. The molecule has 1 aromatic rings. The summed E-state index contributed by atoms with van der Waals surface area (Å²) in [6.07, 6.45) is -3.19. The van der Waals surface area contributed by atoms with Gasteiger partial charge in [-0.15, -0.1) is 0 Å². The van der Waals surface area contributed by atoms with E-state index in [9.17, 15) is 15.0 Å². The van der Waals surface area contributed by atoms with E-state index in [2.05, 4.69) is 10.0 Å². The van der Waals surface area contributed by atoms with Crippen LogP contribution in [-0.4, -0.2) is 47.0 Å². The van der Waals surface area contributed by atoms with E-state index < -0.39 is 36.1 Å². The van der Waals surface area contributed by atoms with Gasteiger partial charge in [0.25, 0.3) is 5.91 Å². The molecule has 0 radical (unpaired) electrons. The minimum absolute atomic E-state index is 0.180. The number of aliphatic hydroxyl groups is 2. The van der Waals surface area contributed by atoms with Gasteiger partial charge in [-0.25, -0.2) is 0 Å². The molecule has 0 aromatic heterocycles. The van der Waals surface area contributed by atoms with Gasteiger partial charge in [-0.3, -0.25) is 4.79 Å². The van der Waals surface area contributed by atoms with Gasteiger partial charge in [-0.1, -0.05) is 37.3 Å². The zero-order valence-electron chi connectivity index (χ0n) is 14.0. The summed E-state index contributed by atoms with van der Waals surface area (Å²) in [6, 6.07) is 9.27. The maximum Gasteiger partial charge on any atom is 0.302 e. The molecule has 1 aliphatic heterocycles. The highest BCUT2D eigenvalue weighted by Crippen LogP contribution is 2.36. The van der Waals surface area contributed by atoms with Crippen LogP contribution >= 0.6 is 0 Å². The van der Waals surface area contributed by atoms with Crippen LogP contribution in [0.1, 0.15) is 19.4 Å². The summed E-state index contributed by atoms with van der Waals surface area (Å²) in [6.45, 7) is 2.62. The normalized spacial score (nSPS) is 31.8. The molecule has 0 aliphatic carbocycles. The Morgan fingerprint density at radius 2 is 2.12 bits per heavy atom. The van der Waals surface area contributed by atoms with Crippen LogP contribution in [0.15, 0.2) is 35.4 Å². The van der Waals surface area contributed by atoms with Gasteiger partial charge in [0, 0.05) is 17.8 Å². The average Bonchev–Trinajstić information content (AvgIpc) is 2.58. The lowest BCUT2D eigenvalue weighted by Gasteiger charge is -2.45. The van der Waals surface area contributed by atoms with Crippen molar-refractivity contribution in [2.24, 2.45) is 11.0 Å². The number of esters is 1. The van der Waals surface area contributed by atoms with E-state index in [4.69, 9.17) is 19.7 Å². The number of carbonyl (C=O) groups is 1. The van der Waals surface area contributed by atoms with E-state index in [1.807, 2.05) is 30.3 Å². The molecule has 2 N–H and O–H groups in total. The number of rotatable bonds is 6. The highest BCUT2D eigenvalue weighted by Gasteiger charge is 2.52. The molecule has 2 rings (SSSR count). The van der Waals surface area contributed by atoms with Crippen molar-refractivity contribution in [3.63, 3.8) is 0 Å². The largest absolute Gasteiger partial charge is 0.463 e. The third-order valence-corrected chi connectivity index (χ3v) is 4.05. The summed E-state index contributed by atoms with van der Waals surface area (Å²) in [5.41, 5.74) is 9.57. The van der Waals surface area contributed by atoms with Gasteiger partial charge in [0.05, 0.1) is 12.7 Å². The third kappa shape index (κ3) is 4.68. The molecule has 9 heteroatoms. The van der Waals surface area contributed by atoms with E-state index in [-0.39, 0.29) is 13.2 Å². The first-order chi connectivity index (χ1) is 11.9.